The average molecular weight is 149 g/mol. The van der Waals surface area contributed by atoms with Gasteiger partial charge >= 0.3 is 0 Å². The Hall–Kier alpha value is -1.43. The lowest BCUT2D eigenvalue weighted by Crippen LogP contribution is -2.01. The van der Waals surface area contributed by atoms with Crippen LogP contribution in [-0.2, 0) is 7.05 Å². The molecule has 0 aliphatic heterocycles. The first-order valence-corrected chi connectivity index (χ1v) is 3.50. The molecular weight excluding hydrogens is 138 g/mol. The molecule has 3 heteroatoms. The quantitative estimate of drug-likeness (QED) is 0.510. The van der Waals surface area contributed by atoms with E-state index in [-0.39, 0.29) is 0 Å². The zero-order valence-electron chi connectivity index (χ0n) is 6.54. The third-order valence-corrected chi connectivity index (χ3v) is 1.29. The Morgan fingerprint density at radius 3 is 3.18 bits per heavy atom. The Kier molecular flexibility index (Phi) is 2.56. The molecule has 0 saturated heterocycles. The predicted octanol–water partition coefficient (Wildman–Crippen LogP) is 0.855. The van der Waals surface area contributed by atoms with Crippen molar-refractivity contribution in [2.24, 2.45) is 7.05 Å². The summed E-state index contributed by atoms with van der Waals surface area (Å²) in [6, 6.07) is 1.91. The van der Waals surface area contributed by atoms with E-state index in [0.29, 0.717) is 0 Å². The molecule has 0 unspecified atom stereocenters. The number of aromatic nitrogens is 2. The minimum Gasteiger partial charge on any atom is -0.368 e. The zero-order valence-corrected chi connectivity index (χ0v) is 6.54. The van der Waals surface area contributed by atoms with Gasteiger partial charge < -0.3 is 5.32 Å². The van der Waals surface area contributed by atoms with Crippen LogP contribution in [0.4, 0.5) is 5.82 Å². The van der Waals surface area contributed by atoms with E-state index in [0.717, 1.165) is 18.8 Å². The van der Waals surface area contributed by atoms with Crippen LogP contribution in [0.15, 0.2) is 12.3 Å². The fourth-order valence-corrected chi connectivity index (χ4v) is 0.772. The van der Waals surface area contributed by atoms with Gasteiger partial charge in [0.15, 0.2) is 0 Å². The van der Waals surface area contributed by atoms with Crippen molar-refractivity contribution < 1.29 is 0 Å². The smallest absolute Gasteiger partial charge is 0.148 e. The van der Waals surface area contributed by atoms with E-state index in [1.165, 1.54) is 0 Å². The van der Waals surface area contributed by atoms with E-state index < -0.39 is 0 Å². The fraction of sp³-hybridized carbons (Fsp3) is 0.375. The van der Waals surface area contributed by atoms with E-state index in [1.54, 1.807) is 4.68 Å². The second-order valence-corrected chi connectivity index (χ2v) is 2.26. The topological polar surface area (TPSA) is 29.9 Å². The molecule has 1 aromatic rings. The molecule has 0 aliphatic carbocycles. The summed E-state index contributed by atoms with van der Waals surface area (Å²) in [4.78, 5) is 0. The lowest BCUT2D eigenvalue weighted by Gasteiger charge is -1.96. The van der Waals surface area contributed by atoms with Crippen molar-refractivity contribution in [1.29, 1.82) is 0 Å². The van der Waals surface area contributed by atoms with Gasteiger partial charge in [0, 0.05) is 32.3 Å². The standard InChI is InChI=1S/C8H11N3/c1-3-4-6-9-8-5-7-11(2)10-8/h1,5,7H,4,6H2,2H3,(H,9,10). The number of terminal acetylenes is 1. The lowest BCUT2D eigenvalue weighted by atomic mass is 10.4. The molecule has 0 aromatic carbocycles. The first-order chi connectivity index (χ1) is 5.33. The monoisotopic (exact) mass is 149 g/mol. The van der Waals surface area contributed by atoms with Crippen molar-refractivity contribution >= 4 is 5.82 Å². The molecule has 0 atom stereocenters. The maximum atomic E-state index is 5.08. The third-order valence-electron chi connectivity index (χ3n) is 1.29. The second kappa shape index (κ2) is 3.67. The minimum absolute atomic E-state index is 0.733. The number of hydrogen-bond donors (Lipinski definition) is 1. The summed E-state index contributed by atoms with van der Waals surface area (Å²) in [5, 5.41) is 7.21. The number of aryl methyl sites for hydroxylation is 1. The molecule has 1 N–H and O–H groups in total. The third kappa shape index (κ3) is 2.34. The van der Waals surface area contributed by atoms with Crippen LogP contribution in [0.5, 0.6) is 0 Å². The molecular formula is C8H11N3. The first-order valence-electron chi connectivity index (χ1n) is 3.50. The maximum absolute atomic E-state index is 5.08. The summed E-state index contributed by atoms with van der Waals surface area (Å²) in [5.41, 5.74) is 0. The van der Waals surface area contributed by atoms with E-state index >= 15 is 0 Å². The Morgan fingerprint density at radius 1 is 1.82 bits per heavy atom. The van der Waals surface area contributed by atoms with Crippen LogP contribution >= 0.6 is 0 Å². The average Bonchev–Trinajstić information content (AvgIpc) is 2.37. The molecule has 3 nitrogen and oxygen atoms in total. The van der Waals surface area contributed by atoms with Gasteiger partial charge in [-0.1, -0.05) is 0 Å². The summed E-state index contributed by atoms with van der Waals surface area (Å²) in [6.45, 7) is 0.785. The maximum Gasteiger partial charge on any atom is 0.148 e. The number of nitrogens with zero attached hydrogens (tertiary/aromatic N) is 2. The highest BCUT2D eigenvalue weighted by molar-refractivity contribution is 5.31. The number of hydrogen-bond acceptors (Lipinski definition) is 2. The highest BCUT2D eigenvalue weighted by atomic mass is 15.3. The number of rotatable bonds is 3. The summed E-state index contributed by atoms with van der Waals surface area (Å²) in [6.07, 6.45) is 7.70. The van der Waals surface area contributed by atoms with E-state index in [9.17, 15) is 0 Å². The summed E-state index contributed by atoms with van der Waals surface area (Å²) in [5.74, 6) is 3.43. The molecule has 11 heavy (non-hydrogen) atoms. The summed E-state index contributed by atoms with van der Waals surface area (Å²) in [7, 11) is 1.88. The van der Waals surface area contributed by atoms with Crippen LogP contribution in [0.2, 0.25) is 0 Å². The van der Waals surface area contributed by atoms with E-state index in [4.69, 9.17) is 6.42 Å². The predicted molar refractivity (Wildman–Crippen MR) is 45.1 cm³/mol. The number of anilines is 1. The van der Waals surface area contributed by atoms with Crippen molar-refractivity contribution in [2.75, 3.05) is 11.9 Å². The molecule has 1 heterocycles. The van der Waals surface area contributed by atoms with E-state index in [2.05, 4.69) is 16.3 Å². The van der Waals surface area contributed by atoms with Gasteiger partial charge in [0.1, 0.15) is 5.82 Å². The van der Waals surface area contributed by atoms with Gasteiger partial charge in [0.05, 0.1) is 0 Å². The largest absolute Gasteiger partial charge is 0.368 e. The van der Waals surface area contributed by atoms with Crippen molar-refractivity contribution in [3.05, 3.63) is 12.3 Å². The van der Waals surface area contributed by atoms with Crippen LogP contribution in [0.25, 0.3) is 0 Å². The fourth-order valence-electron chi connectivity index (χ4n) is 0.772. The summed E-state index contributed by atoms with van der Waals surface area (Å²) >= 11 is 0. The molecule has 0 amide bonds. The molecule has 0 bridgehead atoms. The Morgan fingerprint density at radius 2 is 2.64 bits per heavy atom. The van der Waals surface area contributed by atoms with Crippen LogP contribution in [-0.4, -0.2) is 16.3 Å². The van der Waals surface area contributed by atoms with Crippen molar-refractivity contribution in [3.8, 4) is 12.3 Å². The molecule has 0 saturated carbocycles. The zero-order chi connectivity index (χ0) is 8.10. The van der Waals surface area contributed by atoms with Crippen molar-refractivity contribution in [3.63, 3.8) is 0 Å². The van der Waals surface area contributed by atoms with E-state index in [1.807, 2.05) is 19.3 Å². The van der Waals surface area contributed by atoms with Gasteiger partial charge in [-0.25, -0.2) is 0 Å². The molecule has 1 rings (SSSR count). The van der Waals surface area contributed by atoms with Crippen LogP contribution in [0.1, 0.15) is 6.42 Å². The Labute approximate surface area is 66.4 Å². The van der Waals surface area contributed by atoms with Gasteiger partial charge in [0.25, 0.3) is 0 Å². The second-order valence-electron chi connectivity index (χ2n) is 2.26. The van der Waals surface area contributed by atoms with Crippen LogP contribution in [0, 0.1) is 12.3 Å². The molecule has 0 aliphatic rings. The Balaban J connectivity index is 2.34. The number of nitrogens with one attached hydrogen (secondary N) is 1. The van der Waals surface area contributed by atoms with Gasteiger partial charge in [-0.3, -0.25) is 4.68 Å². The molecule has 58 valence electrons. The van der Waals surface area contributed by atoms with Gasteiger partial charge in [-0.15, -0.1) is 12.3 Å². The molecule has 0 spiro atoms. The van der Waals surface area contributed by atoms with Crippen molar-refractivity contribution in [1.82, 2.24) is 9.78 Å². The Bertz CT molecular complexity index is 257. The van der Waals surface area contributed by atoms with Gasteiger partial charge in [-0.05, 0) is 0 Å². The minimum atomic E-state index is 0.733. The molecule has 0 radical (unpaired) electrons. The van der Waals surface area contributed by atoms with Gasteiger partial charge in [-0.2, -0.15) is 5.10 Å². The lowest BCUT2D eigenvalue weighted by molar-refractivity contribution is 0.768. The van der Waals surface area contributed by atoms with Crippen molar-refractivity contribution in [2.45, 2.75) is 6.42 Å². The molecule has 1 aromatic heterocycles. The first kappa shape index (κ1) is 7.67. The van der Waals surface area contributed by atoms with Crippen LogP contribution in [0.3, 0.4) is 0 Å². The van der Waals surface area contributed by atoms with Crippen LogP contribution < -0.4 is 5.32 Å². The molecule has 0 fully saturated rings. The normalized spacial score (nSPS) is 9.09. The highest BCUT2D eigenvalue weighted by Crippen LogP contribution is 1.99. The SMILES string of the molecule is C#CCCNc1ccn(C)n1. The summed E-state index contributed by atoms with van der Waals surface area (Å²) < 4.78 is 1.75. The highest BCUT2D eigenvalue weighted by Gasteiger charge is 1.91. The van der Waals surface area contributed by atoms with Gasteiger partial charge in [0.2, 0.25) is 0 Å².